The Hall–Kier alpha value is -0.930. The van der Waals surface area contributed by atoms with Crippen LogP contribution in [0.5, 0.6) is 5.88 Å². The quantitative estimate of drug-likeness (QED) is 0.723. The fraction of sp³-hybridized carbons (Fsp3) is 0.688. The second-order valence-corrected chi connectivity index (χ2v) is 9.43. The largest absolute Gasteiger partial charge is 0.481 e. The zero-order valence-electron chi connectivity index (χ0n) is 14.1. The molecular weight excluding hydrogens is 366 g/mol. The molecule has 3 fully saturated rings. The first kappa shape index (κ1) is 17.5. The Morgan fingerprint density at radius 2 is 1.92 bits per heavy atom. The monoisotopic (exact) mass is 387 g/mol. The van der Waals surface area contributed by atoms with Gasteiger partial charge in [-0.25, -0.2) is 13.4 Å². The SMILES string of the molecule is COc1ccc(S(=O)(=O)N2CC3(CN(C4CCOCC4)C3)C2)c(Cl)n1. The predicted molar refractivity (Wildman–Crippen MR) is 92.4 cm³/mol. The fourth-order valence-corrected chi connectivity index (χ4v) is 6.15. The first-order chi connectivity index (χ1) is 11.9. The Labute approximate surface area is 152 Å². The maximum absolute atomic E-state index is 12.8. The van der Waals surface area contributed by atoms with E-state index in [1.54, 1.807) is 0 Å². The molecule has 0 saturated carbocycles. The molecule has 1 spiro atoms. The van der Waals surface area contributed by atoms with E-state index in [0.29, 0.717) is 25.0 Å². The van der Waals surface area contributed by atoms with Crippen LogP contribution < -0.4 is 4.74 Å². The molecule has 9 heteroatoms. The first-order valence-electron chi connectivity index (χ1n) is 8.46. The van der Waals surface area contributed by atoms with Crippen LogP contribution in [-0.4, -0.2) is 75.2 Å². The number of likely N-dealkylation sites (tertiary alicyclic amines) is 1. The molecule has 0 unspecified atom stereocenters. The van der Waals surface area contributed by atoms with Crippen LogP contribution in [-0.2, 0) is 14.8 Å². The summed E-state index contributed by atoms with van der Waals surface area (Å²) in [5.41, 5.74) is 0.109. The normalized spacial score (nSPS) is 24.7. The van der Waals surface area contributed by atoms with Crippen molar-refractivity contribution in [2.24, 2.45) is 5.41 Å². The summed E-state index contributed by atoms with van der Waals surface area (Å²) in [6.45, 7) is 4.71. The maximum Gasteiger partial charge on any atom is 0.246 e. The third kappa shape index (κ3) is 3.04. The summed E-state index contributed by atoms with van der Waals surface area (Å²) in [6, 6.07) is 3.57. The Balaban J connectivity index is 1.39. The molecule has 3 aliphatic rings. The van der Waals surface area contributed by atoms with Crippen LogP contribution in [0.15, 0.2) is 17.0 Å². The Morgan fingerprint density at radius 1 is 1.24 bits per heavy atom. The van der Waals surface area contributed by atoms with Crippen LogP contribution in [0.2, 0.25) is 5.15 Å². The van der Waals surface area contributed by atoms with Crippen molar-refractivity contribution in [1.29, 1.82) is 0 Å². The molecule has 3 saturated heterocycles. The average molecular weight is 388 g/mol. The molecule has 0 bridgehead atoms. The van der Waals surface area contributed by atoms with Gasteiger partial charge < -0.3 is 9.47 Å². The summed E-state index contributed by atoms with van der Waals surface area (Å²) in [5, 5.41) is -0.0438. The molecule has 0 aromatic carbocycles. The van der Waals surface area contributed by atoms with Gasteiger partial charge in [0.15, 0.2) is 5.15 Å². The molecule has 138 valence electrons. The highest BCUT2D eigenvalue weighted by molar-refractivity contribution is 7.89. The third-order valence-electron chi connectivity index (χ3n) is 5.42. The van der Waals surface area contributed by atoms with Gasteiger partial charge >= 0.3 is 0 Å². The summed E-state index contributed by atoms with van der Waals surface area (Å²) in [6.07, 6.45) is 2.15. The van der Waals surface area contributed by atoms with Crippen LogP contribution >= 0.6 is 11.6 Å². The minimum Gasteiger partial charge on any atom is -0.481 e. The smallest absolute Gasteiger partial charge is 0.246 e. The first-order valence-corrected chi connectivity index (χ1v) is 10.3. The number of hydrogen-bond acceptors (Lipinski definition) is 6. The highest BCUT2D eigenvalue weighted by Crippen LogP contribution is 2.44. The molecule has 0 N–H and O–H groups in total. The van der Waals surface area contributed by atoms with Crippen molar-refractivity contribution in [1.82, 2.24) is 14.2 Å². The van der Waals surface area contributed by atoms with Gasteiger partial charge in [0.2, 0.25) is 15.9 Å². The van der Waals surface area contributed by atoms with Crippen molar-refractivity contribution in [3.05, 3.63) is 17.3 Å². The van der Waals surface area contributed by atoms with Gasteiger partial charge in [-0.15, -0.1) is 0 Å². The lowest BCUT2D eigenvalue weighted by Gasteiger charge is -2.61. The average Bonchev–Trinajstić information content (AvgIpc) is 2.52. The van der Waals surface area contributed by atoms with E-state index < -0.39 is 10.0 Å². The molecule has 0 radical (unpaired) electrons. The predicted octanol–water partition coefficient (Wildman–Crippen LogP) is 1.23. The van der Waals surface area contributed by atoms with Crippen LogP contribution in [0, 0.1) is 5.41 Å². The maximum atomic E-state index is 12.8. The molecule has 0 atom stereocenters. The summed E-state index contributed by atoms with van der Waals surface area (Å²) >= 11 is 6.04. The van der Waals surface area contributed by atoms with Crippen molar-refractivity contribution in [2.75, 3.05) is 46.5 Å². The summed E-state index contributed by atoms with van der Waals surface area (Å²) in [5.74, 6) is 0.301. The molecule has 0 amide bonds. The van der Waals surface area contributed by atoms with Crippen molar-refractivity contribution < 1.29 is 17.9 Å². The molecular formula is C16H22ClN3O4S. The van der Waals surface area contributed by atoms with Gasteiger partial charge in [-0.05, 0) is 18.9 Å². The second-order valence-electron chi connectivity index (χ2n) is 7.16. The Morgan fingerprint density at radius 3 is 2.52 bits per heavy atom. The highest BCUT2D eigenvalue weighted by atomic mass is 35.5. The topological polar surface area (TPSA) is 72.0 Å². The lowest BCUT2D eigenvalue weighted by Crippen LogP contribution is -2.74. The van der Waals surface area contributed by atoms with Gasteiger partial charge in [0.05, 0.1) is 7.11 Å². The van der Waals surface area contributed by atoms with Crippen molar-refractivity contribution in [2.45, 2.75) is 23.8 Å². The molecule has 4 rings (SSSR count). The summed E-state index contributed by atoms with van der Waals surface area (Å²) in [7, 11) is -2.14. The van der Waals surface area contributed by atoms with E-state index in [2.05, 4.69) is 9.88 Å². The lowest BCUT2D eigenvalue weighted by molar-refractivity contribution is -0.116. The molecule has 0 aliphatic carbocycles. The van der Waals surface area contributed by atoms with E-state index in [1.165, 1.54) is 23.5 Å². The molecule has 7 nitrogen and oxygen atoms in total. The van der Waals surface area contributed by atoms with E-state index in [9.17, 15) is 8.42 Å². The highest BCUT2D eigenvalue weighted by Gasteiger charge is 2.56. The van der Waals surface area contributed by atoms with Crippen LogP contribution in [0.3, 0.4) is 0 Å². The third-order valence-corrected chi connectivity index (χ3v) is 7.65. The van der Waals surface area contributed by atoms with Gasteiger partial charge in [0, 0.05) is 56.9 Å². The van der Waals surface area contributed by atoms with Gasteiger partial charge in [-0.3, -0.25) is 4.90 Å². The zero-order chi connectivity index (χ0) is 17.7. The number of rotatable bonds is 4. The second kappa shape index (κ2) is 6.35. The van der Waals surface area contributed by atoms with E-state index in [0.717, 1.165) is 39.1 Å². The van der Waals surface area contributed by atoms with Gasteiger partial charge in [-0.1, -0.05) is 11.6 Å². The van der Waals surface area contributed by atoms with Crippen molar-refractivity contribution in [3.63, 3.8) is 0 Å². The Bertz CT molecular complexity index is 753. The minimum absolute atomic E-state index is 0.0438. The number of nitrogens with zero attached hydrogens (tertiary/aromatic N) is 3. The van der Waals surface area contributed by atoms with Crippen molar-refractivity contribution in [3.8, 4) is 5.88 Å². The van der Waals surface area contributed by atoms with Gasteiger partial charge in [-0.2, -0.15) is 4.31 Å². The zero-order valence-corrected chi connectivity index (χ0v) is 15.7. The Kier molecular flexibility index (Phi) is 4.44. The summed E-state index contributed by atoms with van der Waals surface area (Å²) < 4.78 is 37.4. The van der Waals surface area contributed by atoms with Gasteiger partial charge in [0.25, 0.3) is 0 Å². The standard InChI is InChI=1S/C16H22ClN3O4S/c1-23-14-3-2-13(15(17)18-14)25(21,22)20-10-16(11-20)8-19(9-16)12-4-6-24-7-5-12/h2-3,12H,4-11H2,1H3. The van der Waals surface area contributed by atoms with E-state index in [1.807, 2.05) is 0 Å². The number of methoxy groups -OCH3 is 1. The number of pyridine rings is 1. The van der Waals surface area contributed by atoms with Crippen molar-refractivity contribution >= 4 is 21.6 Å². The van der Waals surface area contributed by atoms with E-state index in [4.69, 9.17) is 21.1 Å². The summed E-state index contributed by atoms with van der Waals surface area (Å²) in [4.78, 5) is 6.47. The number of halogens is 1. The number of hydrogen-bond donors (Lipinski definition) is 0. The molecule has 4 heterocycles. The molecule has 3 aliphatic heterocycles. The number of aromatic nitrogens is 1. The number of ether oxygens (including phenoxy) is 2. The van der Waals surface area contributed by atoms with Crippen LogP contribution in [0.25, 0.3) is 0 Å². The number of sulfonamides is 1. The molecule has 1 aromatic heterocycles. The van der Waals surface area contributed by atoms with Crippen LogP contribution in [0.4, 0.5) is 0 Å². The molecule has 1 aromatic rings. The minimum atomic E-state index is -3.60. The van der Waals surface area contributed by atoms with Crippen LogP contribution in [0.1, 0.15) is 12.8 Å². The van der Waals surface area contributed by atoms with E-state index in [-0.39, 0.29) is 15.5 Å². The fourth-order valence-electron chi connectivity index (χ4n) is 4.05. The van der Waals surface area contributed by atoms with Gasteiger partial charge in [0.1, 0.15) is 4.90 Å². The lowest BCUT2D eigenvalue weighted by atomic mass is 9.73. The molecule has 25 heavy (non-hydrogen) atoms. The van der Waals surface area contributed by atoms with E-state index >= 15 is 0 Å².